The summed E-state index contributed by atoms with van der Waals surface area (Å²) in [5, 5.41) is 21.0. The molecule has 0 fully saturated rings. The Balaban J connectivity index is 1.96. The molecule has 0 aliphatic heterocycles. The lowest BCUT2D eigenvalue weighted by Gasteiger charge is -2.19. The maximum atomic E-state index is 10.1. The van der Waals surface area contributed by atoms with Crippen LogP contribution in [0.3, 0.4) is 0 Å². The normalized spacial score (nSPS) is 14.1. The topological polar surface area (TPSA) is 83.7 Å². The van der Waals surface area contributed by atoms with Gasteiger partial charge < -0.3 is 20.5 Å². The van der Waals surface area contributed by atoms with Crippen LogP contribution in [0.25, 0.3) is 5.69 Å². The maximum Gasteiger partial charge on any atom is 0.191 e. The summed E-state index contributed by atoms with van der Waals surface area (Å²) in [6.45, 7) is 10.2. The zero-order valence-corrected chi connectivity index (χ0v) is 17.3. The predicted molar refractivity (Wildman–Crippen MR) is 113 cm³/mol. The van der Waals surface area contributed by atoms with Gasteiger partial charge in [-0.25, -0.2) is 4.68 Å². The molecule has 2 unspecified atom stereocenters. The van der Waals surface area contributed by atoms with E-state index in [1.807, 2.05) is 36.0 Å². The largest absolute Gasteiger partial charge is 0.389 e. The number of aromatic nitrogens is 2. The molecular formula is C21H33N5O2. The summed E-state index contributed by atoms with van der Waals surface area (Å²) in [4.78, 5) is 4.50. The standard InChI is InChI=1S/C21H33N5O2/c1-5-22-21(23-13-20(27)15-28-14-16(2)3)25-17(4)18-8-6-9-19(12-18)26-11-7-10-24-26/h6-12,16-17,20,27H,5,13-15H2,1-4H3,(H2,22,23,25). The Hall–Kier alpha value is -2.38. The Morgan fingerprint density at radius 1 is 1.25 bits per heavy atom. The lowest BCUT2D eigenvalue weighted by atomic mass is 10.1. The number of aliphatic hydroxyl groups excluding tert-OH is 1. The van der Waals surface area contributed by atoms with E-state index in [4.69, 9.17) is 4.74 Å². The van der Waals surface area contributed by atoms with E-state index in [-0.39, 0.29) is 12.6 Å². The van der Waals surface area contributed by atoms with Crippen molar-refractivity contribution in [3.8, 4) is 5.69 Å². The molecule has 7 nitrogen and oxygen atoms in total. The fourth-order valence-corrected chi connectivity index (χ4v) is 2.66. The van der Waals surface area contributed by atoms with Gasteiger partial charge in [0.05, 0.1) is 31.0 Å². The van der Waals surface area contributed by atoms with Gasteiger partial charge in [0.15, 0.2) is 5.96 Å². The van der Waals surface area contributed by atoms with Crippen molar-refractivity contribution in [3.63, 3.8) is 0 Å². The van der Waals surface area contributed by atoms with Gasteiger partial charge in [0, 0.05) is 25.5 Å². The van der Waals surface area contributed by atoms with E-state index in [1.165, 1.54) is 0 Å². The molecular weight excluding hydrogens is 354 g/mol. The van der Waals surface area contributed by atoms with Crippen LogP contribution in [0.15, 0.2) is 47.7 Å². The number of hydrogen-bond donors (Lipinski definition) is 3. The summed E-state index contributed by atoms with van der Waals surface area (Å²) in [5.41, 5.74) is 2.13. The molecule has 2 aromatic rings. The molecule has 0 aliphatic rings. The Labute approximate surface area is 167 Å². The van der Waals surface area contributed by atoms with Crippen LogP contribution < -0.4 is 10.6 Å². The van der Waals surface area contributed by atoms with Crippen molar-refractivity contribution < 1.29 is 9.84 Å². The van der Waals surface area contributed by atoms with E-state index < -0.39 is 6.10 Å². The monoisotopic (exact) mass is 387 g/mol. The third-order valence-electron chi connectivity index (χ3n) is 4.06. The highest BCUT2D eigenvalue weighted by atomic mass is 16.5. The second-order valence-electron chi connectivity index (χ2n) is 7.22. The number of aliphatic imine (C=N–C) groups is 1. The van der Waals surface area contributed by atoms with Crippen LogP contribution in [-0.2, 0) is 4.74 Å². The Morgan fingerprint density at radius 3 is 2.75 bits per heavy atom. The molecule has 7 heteroatoms. The van der Waals surface area contributed by atoms with Gasteiger partial charge in [0.25, 0.3) is 0 Å². The van der Waals surface area contributed by atoms with Gasteiger partial charge >= 0.3 is 0 Å². The number of nitrogens with zero attached hydrogens (tertiary/aromatic N) is 3. The number of aliphatic hydroxyl groups is 1. The molecule has 3 N–H and O–H groups in total. The van der Waals surface area contributed by atoms with Gasteiger partial charge in [-0.15, -0.1) is 0 Å². The number of guanidine groups is 1. The first-order chi connectivity index (χ1) is 13.5. The molecule has 1 aromatic heterocycles. The average molecular weight is 388 g/mol. The number of rotatable bonds is 10. The second kappa shape index (κ2) is 11.5. The van der Waals surface area contributed by atoms with E-state index in [2.05, 4.69) is 53.6 Å². The van der Waals surface area contributed by atoms with E-state index in [0.717, 1.165) is 17.8 Å². The predicted octanol–water partition coefficient (Wildman–Crippen LogP) is 2.52. The molecule has 0 saturated heterocycles. The van der Waals surface area contributed by atoms with E-state index in [9.17, 15) is 5.11 Å². The summed E-state index contributed by atoms with van der Waals surface area (Å²) in [6, 6.07) is 10.2. The molecule has 2 rings (SSSR count). The van der Waals surface area contributed by atoms with Crippen LogP contribution in [0.1, 0.15) is 39.3 Å². The van der Waals surface area contributed by atoms with Gasteiger partial charge in [-0.2, -0.15) is 5.10 Å². The molecule has 0 saturated carbocycles. The first-order valence-corrected chi connectivity index (χ1v) is 9.90. The van der Waals surface area contributed by atoms with Crippen LogP contribution in [0.5, 0.6) is 0 Å². The van der Waals surface area contributed by atoms with Gasteiger partial charge in [-0.3, -0.25) is 4.99 Å². The Bertz CT molecular complexity index is 715. The van der Waals surface area contributed by atoms with Crippen molar-refractivity contribution in [3.05, 3.63) is 48.3 Å². The van der Waals surface area contributed by atoms with Crippen LogP contribution >= 0.6 is 0 Å². The zero-order valence-electron chi connectivity index (χ0n) is 17.3. The molecule has 1 heterocycles. The summed E-state index contributed by atoms with van der Waals surface area (Å²) in [6.07, 6.45) is 3.07. The minimum Gasteiger partial charge on any atom is -0.389 e. The van der Waals surface area contributed by atoms with Gasteiger partial charge in [-0.05, 0) is 43.5 Å². The summed E-state index contributed by atoms with van der Waals surface area (Å²) in [7, 11) is 0. The van der Waals surface area contributed by atoms with Crippen molar-refractivity contribution in [1.82, 2.24) is 20.4 Å². The van der Waals surface area contributed by atoms with Gasteiger partial charge in [0.2, 0.25) is 0 Å². The highest BCUT2D eigenvalue weighted by Gasteiger charge is 2.10. The van der Waals surface area contributed by atoms with Gasteiger partial charge in [-0.1, -0.05) is 26.0 Å². The molecule has 0 radical (unpaired) electrons. The molecule has 0 bridgehead atoms. The molecule has 28 heavy (non-hydrogen) atoms. The Morgan fingerprint density at radius 2 is 2.07 bits per heavy atom. The summed E-state index contributed by atoms with van der Waals surface area (Å²) >= 11 is 0. The third kappa shape index (κ3) is 7.32. The second-order valence-corrected chi connectivity index (χ2v) is 7.22. The molecule has 0 amide bonds. The fraction of sp³-hybridized carbons (Fsp3) is 0.524. The van der Waals surface area contributed by atoms with Crippen LogP contribution in [0.2, 0.25) is 0 Å². The van der Waals surface area contributed by atoms with Crippen LogP contribution in [-0.4, -0.2) is 53.3 Å². The summed E-state index contributed by atoms with van der Waals surface area (Å²) < 4.78 is 7.32. The first kappa shape index (κ1) is 21.9. The van der Waals surface area contributed by atoms with Crippen molar-refractivity contribution in [1.29, 1.82) is 0 Å². The van der Waals surface area contributed by atoms with E-state index in [1.54, 1.807) is 6.20 Å². The minimum absolute atomic E-state index is 0.0441. The minimum atomic E-state index is -0.618. The lowest BCUT2D eigenvalue weighted by molar-refractivity contribution is 0.0301. The van der Waals surface area contributed by atoms with Crippen molar-refractivity contribution in [2.75, 3.05) is 26.3 Å². The molecule has 0 spiro atoms. The SMILES string of the molecule is CCNC(=NCC(O)COCC(C)C)NC(C)c1cccc(-n2cccn2)c1. The number of benzene rings is 1. The smallest absolute Gasteiger partial charge is 0.191 e. The number of ether oxygens (including phenoxy) is 1. The molecule has 1 aromatic carbocycles. The summed E-state index contributed by atoms with van der Waals surface area (Å²) in [5.74, 6) is 1.12. The van der Waals surface area contributed by atoms with Crippen molar-refractivity contribution >= 4 is 5.96 Å². The van der Waals surface area contributed by atoms with E-state index >= 15 is 0 Å². The molecule has 2 atom stereocenters. The van der Waals surface area contributed by atoms with Crippen LogP contribution in [0, 0.1) is 5.92 Å². The van der Waals surface area contributed by atoms with Crippen molar-refractivity contribution in [2.45, 2.75) is 39.8 Å². The third-order valence-corrected chi connectivity index (χ3v) is 4.06. The highest BCUT2D eigenvalue weighted by molar-refractivity contribution is 5.80. The van der Waals surface area contributed by atoms with E-state index in [0.29, 0.717) is 25.1 Å². The average Bonchev–Trinajstić information content (AvgIpc) is 3.21. The number of nitrogens with one attached hydrogen (secondary N) is 2. The molecule has 154 valence electrons. The molecule has 0 aliphatic carbocycles. The first-order valence-electron chi connectivity index (χ1n) is 9.90. The number of hydrogen-bond acceptors (Lipinski definition) is 4. The van der Waals surface area contributed by atoms with Gasteiger partial charge in [0.1, 0.15) is 0 Å². The highest BCUT2D eigenvalue weighted by Crippen LogP contribution is 2.16. The quantitative estimate of drug-likeness (QED) is 0.431. The van der Waals surface area contributed by atoms with Crippen molar-refractivity contribution in [2.24, 2.45) is 10.9 Å². The van der Waals surface area contributed by atoms with Crippen LogP contribution in [0.4, 0.5) is 0 Å². The fourth-order valence-electron chi connectivity index (χ4n) is 2.66. The lowest BCUT2D eigenvalue weighted by Crippen LogP contribution is -2.39. The Kier molecular flexibility index (Phi) is 8.97. The zero-order chi connectivity index (χ0) is 20.4. The maximum absolute atomic E-state index is 10.1.